The molecule has 0 aliphatic carbocycles. The number of guanidine groups is 1. The van der Waals surface area contributed by atoms with Crippen molar-refractivity contribution < 1.29 is 19.1 Å². The first-order valence-electron chi connectivity index (χ1n) is 11.3. The molecule has 2 heterocycles. The van der Waals surface area contributed by atoms with Crippen molar-refractivity contribution in [3.8, 4) is 5.75 Å². The van der Waals surface area contributed by atoms with E-state index in [9.17, 15) is 9.59 Å². The van der Waals surface area contributed by atoms with E-state index in [0.29, 0.717) is 19.0 Å². The van der Waals surface area contributed by atoms with E-state index in [1.54, 1.807) is 14.0 Å². The Labute approximate surface area is 194 Å². The number of nitrogens with one attached hydrogen (secondary N) is 1. The fourth-order valence-electron chi connectivity index (χ4n) is 4.28. The lowest BCUT2D eigenvalue weighted by Gasteiger charge is -2.40. The highest BCUT2D eigenvalue weighted by atomic mass is 16.5. The number of para-hydroxylation sites is 2. The first-order valence-corrected chi connectivity index (χ1v) is 11.3. The maximum absolute atomic E-state index is 13.0. The second-order valence-electron chi connectivity index (χ2n) is 8.17. The standard InChI is InChI=1S/C25H30N4O4/c1-4-33-24(31)21-22(18-11-9-17(2)10-12-18)26-25(27-23(21)30)29-15-13-28(14-16-29)19-7-5-6-8-20(19)32-3/h5-12,21-22H,4,13-16H2,1-3H3,(H,26,27,30). The number of hydrogen-bond donors (Lipinski definition) is 1. The second kappa shape index (κ2) is 9.94. The molecule has 33 heavy (non-hydrogen) atoms. The summed E-state index contributed by atoms with van der Waals surface area (Å²) in [6.45, 7) is 6.82. The van der Waals surface area contributed by atoms with Crippen LogP contribution in [0.5, 0.6) is 5.75 Å². The molecule has 8 nitrogen and oxygen atoms in total. The summed E-state index contributed by atoms with van der Waals surface area (Å²) in [6.07, 6.45) is 0. The number of aryl methyl sites for hydroxylation is 1. The van der Waals surface area contributed by atoms with Crippen LogP contribution in [0.15, 0.2) is 53.5 Å². The molecule has 0 spiro atoms. The van der Waals surface area contributed by atoms with Gasteiger partial charge in [0.25, 0.3) is 0 Å². The summed E-state index contributed by atoms with van der Waals surface area (Å²) in [5, 5.41) is 2.86. The van der Waals surface area contributed by atoms with Gasteiger partial charge < -0.3 is 19.3 Å². The molecule has 0 saturated carbocycles. The summed E-state index contributed by atoms with van der Waals surface area (Å²) in [4.78, 5) is 34.8. The first kappa shape index (κ1) is 22.6. The van der Waals surface area contributed by atoms with E-state index in [2.05, 4.69) is 15.1 Å². The van der Waals surface area contributed by atoms with Crippen LogP contribution < -0.4 is 15.0 Å². The lowest BCUT2D eigenvalue weighted by Crippen LogP contribution is -2.57. The molecule has 1 amide bonds. The van der Waals surface area contributed by atoms with Gasteiger partial charge in [-0.1, -0.05) is 42.0 Å². The fraction of sp³-hybridized carbons (Fsp3) is 0.400. The smallest absolute Gasteiger partial charge is 0.321 e. The zero-order valence-corrected chi connectivity index (χ0v) is 19.3. The number of ether oxygens (including phenoxy) is 2. The third-order valence-electron chi connectivity index (χ3n) is 6.06. The van der Waals surface area contributed by atoms with Gasteiger partial charge >= 0.3 is 5.97 Å². The number of piperazine rings is 1. The van der Waals surface area contributed by atoms with Crippen LogP contribution in [0, 0.1) is 12.8 Å². The Balaban J connectivity index is 1.56. The number of methoxy groups -OCH3 is 1. The molecule has 0 aromatic heterocycles. The van der Waals surface area contributed by atoms with Crippen molar-refractivity contribution in [3.05, 3.63) is 59.7 Å². The number of rotatable bonds is 5. The van der Waals surface area contributed by atoms with E-state index in [4.69, 9.17) is 14.5 Å². The third-order valence-corrected chi connectivity index (χ3v) is 6.06. The molecule has 2 unspecified atom stereocenters. The molecule has 2 aromatic rings. The van der Waals surface area contributed by atoms with E-state index >= 15 is 0 Å². The summed E-state index contributed by atoms with van der Waals surface area (Å²) in [5.41, 5.74) is 2.97. The molecule has 2 atom stereocenters. The molecule has 174 valence electrons. The molecule has 8 heteroatoms. The number of nitrogens with zero attached hydrogens (tertiary/aromatic N) is 3. The van der Waals surface area contributed by atoms with Gasteiger partial charge in [0.2, 0.25) is 11.9 Å². The summed E-state index contributed by atoms with van der Waals surface area (Å²) in [7, 11) is 1.67. The predicted molar refractivity (Wildman–Crippen MR) is 126 cm³/mol. The molecule has 2 aromatic carbocycles. The highest BCUT2D eigenvalue weighted by Gasteiger charge is 2.42. The maximum atomic E-state index is 13.0. The van der Waals surface area contributed by atoms with Crippen molar-refractivity contribution >= 4 is 23.5 Å². The van der Waals surface area contributed by atoms with Gasteiger partial charge in [-0.15, -0.1) is 0 Å². The van der Waals surface area contributed by atoms with Crippen molar-refractivity contribution in [1.29, 1.82) is 0 Å². The molecule has 0 radical (unpaired) electrons. The van der Waals surface area contributed by atoms with Crippen LogP contribution in [0.2, 0.25) is 0 Å². The number of carbonyl (C=O) groups is 2. The maximum Gasteiger partial charge on any atom is 0.321 e. The molecule has 2 aliphatic heterocycles. The number of aliphatic imine (C=N–C) groups is 1. The number of benzene rings is 2. The molecule has 2 aliphatic rings. The van der Waals surface area contributed by atoms with E-state index in [1.165, 1.54) is 0 Å². The van der Waals surface area contributed by atoms with Crippen LogP contribution in [-0.2, 0) is 14.3 Å². The van der Waals surface area contributed by atoms with Crippen LogP contribution in [0.4, 0.5) is 5.69 Å². The van der Waals surface area contributed by atoms with Gasteiger partial charge in [-0.05, 0) is 31.5 Å². The summed E-state index contributed by atoms with van der Waals surface area (Å²) in [6, 6.07) is 15.1. The molecule has 1 fully saturated rings. The monoisotopic (exact) mass is 450 g/mol. The number of amides is 1. The van der Waals surface area contributed by atoms with Crippen LogP contribution in [0.25, 0.3) is 0 Å². The van der Waals surface area contributed by atoms with E-state index in [-0.39, 0.29) is 12.5 Å². The van der Waals surface area contributed by atoms with Crippen molar-refractivity contribution in [2.45, 2.75) is 19.9 Å². The zero-order valence-electron chi connectivity index (χ0n) is 19.3. The highest BCUT2D eigenvalue weighted by Crippen LogP contribution is 2.32. The van der Waals surface area contributed by atoms with Gasteiger partial charge in [-0.3, -0.25) is 14.9 Å². The predicted octanol–water partition coefficient (Wildman–Crippen LogP) is 2.53. The average Bonchev–Trinajstić information content (AvgIpc) is 2.84. The van der Waals surface area contributed by atoms with E-state index in [1.807, 2.05) is 55.5 Å². The number of esters is 1. The molecule has 1 N–H and O–H groups in total. The Hall–Kier alpha value is -3.55. The van der Waals surface area contributed by atoms with Crippen LogP contribution in [-0.4, -0.2) is 62.6 Å². The normalized spacial score (nSPS) is 20.7. The quantitative estimate of drug-likeness (QED) is 0.557. The highest BCUT2D eigenvalue weighted by molar-refractivity contribution is 6.08. The SMILES string of the molecule is CCOC(=O)C1C(=O)NC(N2CCN(c3ccccc3OC)CC2)=NC1c1ccc(C)cc1. The Kier molecular flexibility index (Phi) is 6.82. The Morgan fingerprint density at radius 1 is 1.06 bits per heavy atom. The van der Waals surface area contributed by atoms with Gasteiger partial charge in [0.15, 0.2) is 5.92 Å². The van der Waals surface area contributed by atoms with E-state index < -0.39 is 17.9 Å². The summed E-state index contributed by atoms with van der Waals surface area (Å²) in [5.74, 6) is -0.594. The van der Waals surface area contributed by atoms with Gasteiger partial charge in [-0.2, -0.15) is 0 Å². The average molecular weight is 451 g/mol. The largest absolute Gasteiger partial charge is 0.495 e. The van der Waals surface area contributed by atoms with Crippen molar-refractivity contribution in [1.82, 2.24) is 10.2 Å². The van der Waals surface area contributed by atoms with Crippen molar-refractivity contribution in [2.75, 3.05) is 44.8 Å². The fourth-order valence-corrected chi connectivity index (χ4v) is 4.28. The molecular weight excluding hydrogens is 420 g/mol. The Morgan fingerprint density at radius 3 is 2.39 bits per heavy atom. The topological polar surface area (TPSA) is 83.5 Å². The zero-order chi connectivity index (χ0) is 23.4. The van der Waals surface area contributed by atoms with E-state index in [0.717, 1.165) is 35.7 Å². The lowest BCUT2D eigenvalue weighted by molar-refractivity contribution is -0.153. The Morgan fingerprint density at radius 2 is 1.73 bits per heavy atom. The van der Waals surface area contributed by atoms with Gasteiger partial charge in [0.05, 0.1) is 19.4 Å². The van der Waals surface area contributed by atoms with Crippen LogP contribution in [0.1, 0.15) is 24.1 Å². The summed E-state index contributed by atoms with van der Waals surface area (Å²) < 4.78 is 10.7. The van der Waals surface area contributed by atoms with Crippen molar-refractivity contribution in [3.63, 3.8) is 0 Å². The minimum Gasteiger partial charge on any atom is -0.495 e. The van der Waals surface area contributed by atoms with Gasteiger partial charge in [-0.25, -0.2) is 4.99 Å². The minimum atomic E-state index is -1.01. The van der Waals surface area contributed by atoms with Gasteiger partial charge in [0.1, 0.15) is 11.8 Å². The molecule has 1 saturated heterocycles. The molecule has 0 bridgehead atoms. The molecular formula is C25H30N4O4. The molecule has 4 rings (SSSR count). The van der Waals surface area contributed by atoms with Crippen molar-refractivity contribution in [2.24, 2.45) is 10.9 Å². The second-order valence-corrected chi connectivity index (χ2v) is 8.17. The Bertz CT molecular complexity index is 1030. The van der Waals surface area contributed by atoms with Gasteiger partial charge in [0, 0.05) is 26.2 Å². The number of carbonyl (C=O) groups excluding carboxylic acids is 2. The third kappa shape index (κ3) is 4.79. The number of anilines is 1. The first-order chi connectivity index (χ1) is 16.0. The minimum absolute atomic E-state index is 0.213. The van der Waals surface area contributed by atoms with Crippen LogP contribution in [0.3, 0.4) is 0 Å². The number of hydrogen-bond acceptors (Lipinski definition) is 7. The summed E-state index contributed by atoms with van der Waals surface area (Å²) >= 11 is 0. The lowest BCUT2D eigenvalue weighted by atomic mass is 9.91. The van der Waals surface area contributed by atoms with Crippen LogP contribution >= 0.6 is 0 Å².